The molecule has 2 fully saturated rings. The van der Waals surface area contributed by atoms with Crippen LogP contribution in [0.4, 0.5) is 0 Å². The smallest absolute Gasteiger partial charge is 0.332 e. The zero-order valence-electron chi connectivity index (χ0n) is 10.7. The molecule has 0 spiro atoms. The lowest BCUT2D eigenvalue weighted by atomic mass is 9.97. The van der Waals surface area contributed by atoms with Crippen molar-refractivity contribution in [2.75, 3.05) is 19.7 Å². The maximum Gasteiger partial charge on any atom is 0.332 e. The molecular formula is C13H23NO4. The van der Waals surface area contributed by atoms with Gasteiger partial charge in [0.2, 0.25) is 0 Å². The number of carbonyl (C=O) groups is 1. The highest BCUT2D eigenvalue weighted by Crippen LogP contribution is 2.30. The Morgan fingerprint density at radius 2 is 1.94 bits per heavy atom. The Bertz CT molecular complexity index is 284. The highest BCUT2D eigenvalue weighted by Gasteiger charge is 2.31. The summed E-state index contributed by atoms with van der Waals surface area (Å²) in [4.78, 5) is 10.7. The van der Waals surface area contributed by atoms with Crippen molar-refractivity contribution < 1.29 is 19.7 Å². The van der Waals surface area contributed by atoms with Gasteiger partial charge < -0.3 is 20.3 Å². The van der Waals surface area contributed by atoms with E-state index in [2.05, 4.69) is 5.32 Å². The van der Waals surface area contributed by atoms with E-state index in [1.54, 1.807) is 0 Å². The van der Waals surface area contributed by atoms with Crippen LogP contribution in [-0.4, -0.2) is 48.1 Å². The molecule has 1 aliphatic carbocycles. The average molecular weight is 257 g/mol. The maximum absolute atomic E-state index is 10.7. The topological polar surface area (TPSA) is 78.8 Å². The summed E-state index contributed by atoms with van der Waals surface area (Å²) >= 11 is 0. The van der Waals surface area contributed by atoms with Gasteiger partial charge in [0.1, 0.15) is 0 Å². The molecule has 3 N–H and O–H groups in total. The molecule has 0 amide bonds. The van der Waals surface area contributed by atoms with Crippen molar-refractivity contribution in [1.82, 2.24) is 5.32 Å². The standard InChI is InChI=1S/C13H23NO4/c15-8-10-3-1-2-9(10)6-14-7-11-4-5-12(18-11)13(16)17/h9-12,14-15H,1-8H2,(H,16,17). The summed E-state index contributed by atoms with van der Waals surface area (Å²) in [6.45, 7) is 1.91. The molecule has 0 aromatic carbocycles. The molecule has 0 radical (unpaired) electrons. The largest absolute Gasteiger partial charge is 0.479 e. The van der Waals surface area contributed by atoms with Crippen LogP contribution in [0.15, 0.2) is 0 Å². The van der Waals surface area contributed by atoms with Crippen LogP contribution in [0, 0.1) is 11.8 Å². The van der Waals surface area contributed by atoms with Crippen LogP contribution in [0.3, 0.4) is 0 Å². The molecular weight excluding hydrogens is 234 g/mol. The van der Waals surface area contributed by atoms with Crippen molar-refractivity contribution in [2.24, 2.45) is 11.8 Å². The molecule has 5 nitrogen and oxygen atoms in total. The molecule has 4 unspecified atom stereocenters. The fourth-order valence-electron chi connectivity index (χ4n) is 3.09. The zero-order valence-corrected chi connectivity index (χ0v) is 10.7. The predicted molar refractivity (Wildman–Crippen MR) is 66.3 cm³/mol. The number of nitrogens with one attached hydrogen (secondary N) is 1. The van der Waals surface area contributed by atoms with Crippen molar-refractivity contribution in [3.05, 3.63) is 0 Å². The van der Waals surface area contributed by atoms with E-state index in [0.717, 1.165) is 25.9 Å². The molecule has 1 saturated heterocycles. The van der Waals surface area contributed by atoms with Gasteiger partial charge in [-0.25, -0.2) is 4.79 Å². The zero-order chi connectivity index (χ0) is 13.0. The van der Waals surface area contributed by atoms with Crippen molar-refractivity contribution in [1.29, 1.82) is 0 Å². The second-order valence-electron chi connectivity index (χ2n) is 5.45. The number of hydrogen-bond donors (Lipinski definition) is 3. The number of ether oxygens (including phenoxy) is 1. The second kappa shape index (κ2) is 6.50. The number of carboxylic acid groups (broad SMARTS) is 1. The van der Waals surface area contributed by atoms with Crippen LogP contribution < -0.4 is 5.32 Å². The Balaban J connectivity index is 1.63. The van der Waals surface area contributed by atoms with E-state index in [1.807, 2.05) is 0 Å². The fourth-order valence-corrected chi connectivity index (χ4v) is 3.09. The first-order valence-corrected chi connectivity index (χ1v) is 6.90. The van der Waals surface area contributed by atoms with E-state index in [1.165, 1.54) is 12.8 Å². The molecule has 2 aliphatic rings. The molecule has 5 heteroatoms. The van der Waals surface area contributed by atoms with Crippen LogP contribution in [0.1, 0.15) is 32.1 Å². The monoisotopic (exact) mass is 257 g/mol. The van der Waals surface area contributed by atoms with E-state index in [4.69, 9.17) is 9.84 Å². The number of aliphatic carboxylic acids is 1. The Morgan fingerprint density at radius 3 is 2.61 bits per heavy atom. The van der Waals surface area contributed by atoms with Gasteiger partial charge in [0, 0.05) is 13.2 Å². The fraction of sp³-hybridized carbons (Fsp3) is 0.923. The van der Waals surface area contributed by atoms with Crippen molar-refractivity contribution >= 4 is 5.97 Å². The van der Waals surface area contributed by atoms with Crippen molar-refractivity contribution in [2.45, 2.75) is 44.3 Å². The highest BCUT2D eigenvalue weighted by atomic mass is 16.5. The second-order valence-corrected chi connectivity index (χ2v) is 5.45. The first-order valence-electron chi connectivity index (χ1n) is 6.90. The molecule has 1 saturated carbocycles. The third kappa shape index (κ3) is 3.43. The SMILES string of the molecule is O=C(O)C1CCC(CNCC2CCCC2CO)O1. The van der Waals surface area contributed by atoms with E-state index in [-0.39, 0.29) is 12.7 Å². The Morgan fingerprint density at radius 1 is 1.17 bits per heavy atom. The number of rotatable bonds is 6. The number of aliphatic hydroxyl groups is 1. The van der Waals surface area contributed by atoms with Gasteiger partial charge in [0.15, 0.2) is 6.10 Å². The number of carboxylic acids is 1. The van der Waals surface area contributed by atoms with Crippen molar-refractivity contribution in [3.8, 4) is 0 Å². The molecule has 1 aliphatic heterocycles. The lowest BCUT2D eigenvalue weighted by Crippen LogP contribution is -2.33. The lowest BCUT2D eigenvalue weighted by Gasteiger charge is -2.19. The summed E-state index contributed by atoms with van der Waals surface area (Å²) < 4.78 is 5.43. The van der Waals surface area contributed by atoms with Crippen LogP contribution >= 0.6 is 0 Å². The third-order valence-electron chi connectivity index (χ3n) is 4.21. The molecule has 0 bridgehead atoms. The van der Waals surface area contributed by atoms with Gasteiger partial charge in [-0.15, -0.1) is 0 Å². The first kappa shape index (κ1) is 13.8. The van der Waals surface area contributed by atoms with E-state index in [9.17, 15) is 9.90 Å². The summed E-state index contributed by atoms with van der Waals surface area (Å²) in [5, 5.41) is 21.4. The maximum atomic E-state index is 10.7. The van der Waals surface area contributed by atoms with E-state index < -0.39 is 12.1 Å². The highest BCUT2D eigenvalue weighted by molar-refractivity contribution is 5.72. The van der Waals surface area contributed by atoms with Crippen LogP contribution in [0.2, 0.25) is 0 Å². The molecule has 1 heterocycles. The number of aliphatic hydroxyl groups excluding tert-OH is 1. The molecule has 0 aromatic heterocycles. The van der Waals surface area contributed by atoms with Gasteiger partial charge in [0.25, 0.3) is 0 Å². The quantitative estimate of drug-likeness (QED) is 0.650. The first-order chi connectivity index (χ1) is 8.70. The number of hydrogen-bond acceptors (Lipinski definition) is 4. The summed E-state index contributed by atoms with van der Waals surface area (Å²) in [6, 6.07) is 0. The molecule has 2 rings (SSSR count). The Hall–Kier alpha value is -0.650. The summed E-state index contributed by atoms with van der Waals surface area (Å²) in [5.41, 5.74) is 0. The molecule has 0 aromatic rings. The van der Waals surface area contributed by atoms with Gasteiger partial charge in [-0.1, -0.05) is 6.42 Å². The Labute approximate surface area is 108 Å². The minimum Gasteiger partial charge on any atom is -0.479 e. The molecule has 104 valence electrons. The van der Waals surface area contributed by atoms with Gasteiger partial charge in [-0.3, -0.25) is 0 Å². The van der Waals surface area contributed by atoms with Gasteiger partial charge in [-0.2, -0.15) is 0 Å². The van der Waals surface area contributed by atoms with E-state index in [0.29, 0.717) is 18.3 Å². The molecule has 18 heavy (non-hydrogen) atoms. The normalized spacial score (nSPS) is 36.1. The van der Waals surface area contributed by atoms with Gasteiger partial charge >= 0.3 is 5.97 Å². The van der Waals surface area contributed by atoms with E-state index >= 15 is 0 Å². The Kier molecular flexibility index (Phi) is 4.97. The van der Waals surface area contributed by atoms with Gasteiger partial charge in [0.05, 0.1) is 6.10 Å². The van der Waals surface area contributed by atoms with Crippen molar-refractivity contribution in [3.63, 3.8) is 0 Å². The van der Waals surface area contributed by atoms with Crippen LogP contribution in [0.5, 0.6) is 0 Å². The van der Waals surface area contributed by atoms with Crippen LogP contribution in [0.25, 0.3) is 0 Å². The van der Waals surface area contributed by atoms with Gasteiger partial charge in [-0.05, 0) is 44.1 Å². The summed E-state index contributed by atoms with van der Waals surface area (Å²) in [5.74, 6) is 0.147. The predicted octanol–water partition coefficient (Wildman–Crippen LogP) is 0.617. The lowest BCUT2D eigenvalue weighted by molar-refractivity contribution is -0.149. The summed E-state index contributed by atoms with van der Waals surface area (Å²) in [7, 11) is 0. The van der Waals surface area contributed by atoms with Crippen LogP contribution in [-0.2, 0) is 9.53 Å². The molecule has 4 atom stereocenters. The average Bonchev–Trinajstić information content (AvgIpc) is 2.97. The summed E-state index contributed by atoms with van der Waals surface area (Å²) in [6.07, 6.45) is 4.36. The minimum atomic E-state index is -0.853. The minimum absolute atomic E-state index is 0.0279. The third-order valence-corrected chi connectivity index (χ3v) is 4.21.